The molecule has 18 heavy (non-hydrogen) atoms. The lowest BCUT2D eigenvalue weighted by atomic mass is 10.1. The summed E-state index contributed by atoms with van der Waals surface area (Å²) in [6.45, 7) is 3.08. The summed E-state index contributed by atoms with van der Waals surface area (Å²) in [6, 6.07) is 1.78. The van der Waals surface area contributed by atoms with Gasteiger partial charge >= 0.3 is 0 Å². The number of hydrogen-bond acceptors (Lipinski definition) is 2. The Labute approximate surface area is 107 Å². The van der Waals surface area contributed by atoms with E-state index >= 15 is 0 Å². The number of hydrogen-bond donors (Lipinski definition) is 1. The van der Waals surface area contributed by atoms with E-state index in [4.69, 9.17) is 0 Å². The lowest BCUT2D eigenvalue weighted by Crippen LogP contribution is -2.28. The van der Waals surface area contributed by atoms with E-state index in [1.54, 1.807) is 23.0 Å². The molecule has 0 saturated heterocycles. The van der Waals surface area contributed by atoms with Crippen LogP contribution in [0.5, 0.6) is 0 Å². The number of nitrogens with one attached hydrogen (secondary N) is 1. The minimum absolute atomic E-state index is 0.0204. The Kier molecular flexibility index (Phi) is 4.18. The van der Waals surface area contributed by atoms with E-state index in [1.807, 2.05) is 6.92 Å². The standard InChI is InChI=1S/C14H20N2O2/c1-2-3-13(17)12-6-7-16(9-12)10-14(18)15-8-11-4-5-11/h6-7,9,11H,2-5,8,10H2,1H3,(H,15,18). The minimum atomic E-state index is 0.0204. The fourth-order valence-electron chi connectivity index (χ4n) is 1.88. The predicted octanol–water partition coefficient (Wildman–Crippen LogP) is 2.00. The van der Waals surface area contributed by atoms with Gasteiger partial charge in [-0.1, -0.05) is 6.92 Å². The summed E-state index contributed by atoms with van der Waals surface area (Å²) in [5.74, 6) is 0.863. The van der Waals surface area contributed by atoms with Crippen molar-refractivity contribution >= 4 is 11.7 Å². The van der Waals surface area contributed by atoms with E-state index < -0.39 is 0 Å². The quantitative estimate of drug-likeness (QED) is 0.750. The third kappa shape index (κ3) is 3.72. The van der Waals surface area contributed by atoms with Crippen LogP contribution in [-0.4, -0.2) is 22.8 Å². The zero-order valence-corrected chi connectivity index (χ0v) is 10.8. The van der Waals surface area contributed by atoms with E-state index in [0.29, 0.717) is 24.4 Å². The molecule has 0 aromatic carbocycles. The fraction of sp³-hybridized carbons (Fsp3) is 0.571. The predicted molar refractivity (Wildman–Crippen MR) is 69.4 cm³/mol. The highest BCUT2D eigenvalue weighted by Gasteiger charge is 2.21. The average molecular weight is 248 g/mol. The van der Waals surface area contributed by atoms with Crippen molar-refractivity contribution in [3.8, 4) is 0 Å². The summed E-state index contributed by atoms with van der Waals surface area (Å²) in [5.41, 5.74) is 0.701. The average Bonchev–Trinajstić information content (AvgIpc) is 3.06. The van der Waals surface area contributed by atoms with Crippen LogP contribution in [0.2, 0.25) is 0 Å². The van der Waals surface area contributed by atoms with Gasteiger partial charge < -0.3 is 9.88 Å². The van der Waals surface area contributed by atoms with Crippen LogP contribution in [0.15, 0.2) is 18.5 Å². The maximum Gasteiger partial charge on any atom is 0.239 e. The third-order valence-electron chi connectivity index (χ3n) is 3.16. The van der Waals surface area contributed by atoms with Gasteiger partial charge in [0, 0.05) is 30.9 Å². The first-order chi connectivity index (χ1) is 8.69. The van der Waals surface area contributed by atoms with E-state index in [1.165, 1.54) is 12.8 Å². The fourth-order valence-corrected chi connectivity index (χ4v) is 1.88. The molecular weight excluding hydrogens is 228 g/mol. The highest BCUT2D eigenvalue weighted by Crippen LogP contribution is 2.27. The Morgan fingerprint density at radius 1 is 1.44 bits per heavy atom. The number of amides is 1. The highest BCUT2D eigenvalue weighted by molar-refractivity contribution is 5.95. The normalized spacial score (nSPS) is 14.5. The van der Waals surface area contributed by atoms with Gasteiger partial charge in [0.2, 0.25) is 5.91 Å². The molecule has 2 rings (SSSR count). The van der Waals surface area contributed by atoms with Gasteiger partial charge in [0.15, 0.2) is 5.78 Å². The Bertz CT molecular complexity index is 433. The molecule has 1 N–H and O–H groups in total. The largest absolute Gasteiger partial charge is 0.354 e. The molecule has 0 aliphatic heterocycles. The minimum Gasteiger partial charge on any atom is -0.354 e. The molecule has 1 aromatic heterocycles. The molecule has 1 heterocycles. The number of rotatable bonds is 7. The zero-order valence-electron chi connectivity index (χ0n) is 10.8. The maximum absolute atomic E-state index is 11.7. The number of aromatic nitrogens is 1. The third-order valence-corrected chi connectivity index (χ3v) is 3.16. The van der Waals surface area contributed by atoms with Crippen molar-refractivity contribution in [2.75, 3.05) is 6.54 Å². The summed E-state index contributed by atoms with van der Waals surface area (Å²) in [4.78, 5) is 23.3. The van der Waals surface area contributed by atoms with E-state index in [2.05, 4.69) is 5.32 Å². The molecule has 0 radical (unpaired) electrons. The van der Waals surface area contributed by atoms with Gasteiger partial charge in [-0.2, -0.15) is 0 Å². The number of carbonyl (C=O) groups is 2. The van der Waals surface area contributed by atoms with Crippen LogP contribution in [0.1, 0.15) is 43.0 Å². The topological polar surface area (TPSA) is 51.1 Å². The lowest BCUT2D eigenvalue weighted by molar-refractivity contribution is -0.121. The van der Waals surface area contributed by atoms with Crippen molar-refractivity contribution in [1.29, 1.82) is 0 Å². The molecule has 1 saturated carbocycles. The molecule has 98 valence electrons. The van der Waals surface area contributed by atoms with Crippen LogP contribution < -0.4 is 5.32 Å². The summed E-state index contributed by atoms with van der Waals surface area (Å²) in [5, 5.41) is 2.91. The lowest BCUT2D eigenvalue weighted by Gasteiger charge is -2.04. The number of Topliss-reactive ketones (excluding diaryl/α,β-unsaturated/α-hetero) is 1. The van der Waals surface area contributed by atoms with Crippen molar-refractivity contribution in [1.82, 2.24) is 9.88 Å². The molecule has 1 amide bonds. The van der Waals surface area contributed by atoms with Crippen LogP contribution >= 0.6 is 0 Å². The molecule has 4 nitrogen and oxygen atoms in total. The first kappa shape index (κ1) is 12.9. The second kappa shape index (κ2) is 5.85. The summed E-state index contributed by atoms with van der Waals surface area (Å²) in [6.07, 6.45) is 7.44. The van der Waals surface area contributed by atoms with Gasteiger partial charge in [0.05, 0.1) is 0 Å². The first-order valence-electron chi connectivity index (χ1n) is 6.64. The second-order valence-corrected chi connectivity index (χ2v) is 4.99. The molecule has 1 fully saturated rings. The Morgan fingerprint density at radius 2 is 2.22 bits per heavy atom. The van der Waals surface area contributed by atoms with E-state index in [0.717, 1.165) is 13.0 Å². The van der Waals surface area contributed by atoms with Crippen LogP contribution in [-0.2, 0) is 11.3 Å². The molecular formula is C14H20N2O2. The van der Waals surface area contributed by atoms with Crippen LogP contribution in [0.25, 0.3) is 0 Å². The van der Waals surface area contributed by atoms with Crippen LogP contribution in [0, 0.1) is 5.92 Å². The van der Waals surface area contributed by atoms with Crippen LogP contribution in [0.3, 0.4) is 0 Å². The van der Waals surface area contributed by atoms with Crippen molar-refractivity contribution in [3.63, 3.8) is 0 Å². The molecule has 0 atom stereocenters. The highest BCUT2D eigenvalue weighted by atomic mass is 16.2. The molecule has 1 aliphatic carbocycles. The summed E-state index contributed by atoms with van der Waals surface area (Å²) in [7, 11) is 0. The number of carbonyl (C=O) groups excluding carboxylic acids is 2. The molecule has 0 unspecified atom stereocenters. The van der Waals surface area contributed by atoms with Gasteiger partial charge in [-0.15, -0.1) is 0 Å². The first-order valence-corrected chi connectivity index (χ1v) is 6.64. The molecule has 1 aliphatic rings. The second-order valence-electron chi connectivity index (χ2n) is 4.99. The Balaban J connectivity index is 1.81. The van der Waals surface area contributed by atoms with Crippen molar-refractivity contribution < 1.29 is 9.59 Å². The summed E-state index contributed by atoms with van der Waals surface area (Å²) >= 11 is 0. The zero-order chi connectivity index (χ0) is 13.0. The molecule has 1 aromatic rings. The number of ketones is 1. The SMILES string of the molecule is CCCC(=O)c1ccn(CC(=O)NCC2CC2)c1. The smallest absolute Gasteiger partial charge is 0.239 e. The Hall–Kier alpha value is -1.58. The van der Waals surface area contributed by atoms with E-state index in [-0.39, 0.29) is 11.7 Å². The van der Waals surface area contributed by atoms with Gasteiger partial charge in [-0.05, 0) is 31.2 Å². The van der Waals surface area contributed by atoms with Crippen molar-refractivity contribution in [2.45, 2.75) is 39.2 Å². The van der Waals surface area contributed by atoms with Gasteiger partial charge in [-0.3, -0.25) is 9.59 Å². The number of nitrogens with zero attached hydrogens (tertiary/aromatic N) is 1. The summed E-state index contributed by atoms with van der Waals surface area (Å²) < 4.78 is 1.77. The molecule has 0 bridgehead atoms. The monoisotopic (exact) mass is 248 g/mol. The molecule has 4 heteroatoms. The van der Waals surface area contributed by atoms with Gasteiger partial charge in [-0.25, -0.2) is 0 Å². The Morgan fingerprint density at radius 3 is 2.89 bits per heavy atom. The van der Waals surface area contributed by atoms with Crippen molar-refractivity contribution in [2.24, 2.45) is 5.92 Å². The van der Waals surface area contributed by atoms with E-state index in [9.17, 15) is 9.59 Å². The van der Waals surface area contributed by atoms with Crippen molar-refractivity contribution in [3.05, 3.63) is 24.0 Å². The molecule has 0 spiro atoms. The van der Waals surface area contributed by atoms with Crippen LogP contribution in [0.4, 0.5) is 0 Å². The van der Waals surface area contributed by atoms with Gasteiger partial charge in [0.1, 0.15) is 6.54 Å². The van der Waals surface area contributed by atoms with Gasteiger partial charge in [0.25, 0.3) is 0 Å². The maximum atomic E-state index is 11.7.